The first-order valence-corrected chi connectivity index (χ1v) is 6.27. The van der Waals surface area contributed by atoms with E-state index in [1.165, 1.54) is 36.2 Å². The van der Waals surface area contributed by atoms with Gasteiger partial charge in [0.25, 0.3) is 11.6 Å². The number of nitrogens with zero attached hydrogens (tertiary/aromatic N) is 2. The second kappa shape index (κ2) is 7.34. The van der Waals surface area contributed by atoms with E-state index in [0.717, 1.165) is 0 Å². The van der Waals surface area contributed by atoms with Gasteiger partial charge >= 0.3 is 0 Å². The number of carbonyl (C=O) groups excluding carboxylic acids is 2. The lowest BCUT2D eigenvalue weighted by Gasteiger charge is -2.26. The van der Waals surface area contributed by atoms with Crippen LogP contribution < -0.4 is 5.73 Å². The minimum absolute atomic E-state index is 0.0586. The molecule has 0 heterocycles. The molecule has 1 aromatic rings. The maximum absolute atomic E-state index is 12.2. The molecule has 0 unspecified atom stereocenters. The van der Waals surface area contributed by atoms with Gasteiger partial charge < -0.3 is 15.7 Å². The van der Waals surface area contributed by atoms with Crippen LogP contribution in [0.25, 0.3) is 0 Å². The molecule has 0 radical (unpaired) electrons. The van der Waals surface area contributed by atoms with Gasteiger partial charge in [0.2, 0.25) is 5.91 Å². The van der Waals surface area contributed by atoms with Gasteiger partial charge in [-0.25, -0.2) is 0 Å². The summed E-state index contributed by atoms with van der Waals surface area (Å²) in [5, 5.41) is 19.8. The summed E-state index contributed by atoms with van der Waals surface area (Å²) in [7, 11) is 1.49. The van der Waals surface area contributed by atoms with Crippen LogP contribution in [0.3, 0.4) is 0 Å². The molecule has 8 heteroatoms. The van der Waals surface area contributed by atoms with Crippen molar-refractivity contribution in [1.29, 1.82) is 0 Å². The maximum Gasteiger partial charge on any atom is 0.269 e. The zero-order chi connectivity index (χ0) is 16.0. The highest BCUT2D eigenvalue weighted by Crippen LogP contribution is 2.15. The van der Waals surface area contributed by atoms with Crippen LogP contribution in [0.4, 0.5) is 5.69 Å². The Bertz CT molecular complexity index is 529. The number of amides is 2. The summed E-state index contributed by atoms with van der Waals surface area (Å²) in [6, 6.07) is 4.62. The van der Waals surface area contributed by atoms with Crippen LogP contribution in [0.1, 0.15) is 23.2 Å². The topological polar surface area (TPSA) is 127 Å². The molecular weight excluding hydrogens is 278 g/mol. The van der Waals surface area contributed by atoms with E-state index in [4.69, 9.17) is 5.73 Å². The first-order valence-electron chi connectivity index (χ1n) is 6.27. The first kappa shape index (κ1) is 16.6. The number of nitrogens with two attached hydrogens (primary N) is 1. The number of likely N-dealkylation sites (N-methyl/N-ethyl adjacent to an activating group) is 1. The Labute approximate surface area is 121 Å². The predicted molar refractivity (Wildman–Crippen MR) is 74.5 cm³/mol. The van der Waals surface area contributed by atoms with Crippen molar-refractivity contribution >= 4 is 17.5 Å². The Kier molecular flexibility index (Phi) is 5.79. The molecular formula is C13H17N3O5. The van der Waals surface area contributed by atoms with Crippen LogP contribution in [-0.4, -0.2) is 46.4 Å². The lowest BCUT2D eigenvalue weighted by molar-refractivity contribution is -0.384. The van der Waals surface area contributed by atoms with Crippen molar-refractivity contribution in [3.05, 3.63) is 39.9 Å². The number of nitro groups is 1. The van der Waals surface area contributed by atoms with Gasteiger partial charge in [0.15, 0.2) is 0 Å². The molecule has 0 saturated carbocycles. The molecule has 0 spiro atoms. The smallest absolute Gasteiger partial charge is 0.269 e. The van der Waals surface area contributed by atoms with Gasteiger partial charge in [-0.15, -0.1) is 0 Å². The average Bonchev–Trinajstić information content (AvgIpc) is 2.46. The molecule has 1 aromatic carbocycles. The number of benzene rings is 1. The molecule has 21 heavy (non-hydrogen) atoms. The fourth-order valence-corrected chi connectivity index (χ4v) is 1.81. The summed E-state index contributed by atoms with van der Waals surface area (Å²) < 4.78 is 0. The summed E-state index contributed by atoms with van der Waals surface area (Å²) in [5.74, 6) is -0.905. The van der Waals surface area contributed by atoms with Crippen molar-refractivity contribution in [1.82, 2.24) is 4.90 Å². The Morgan fingerprint density at radius 3 is 2.38 bits per heavy atom. The van der Waals surface area contributed by atoms with Crippen molar-refractivity contribution in [3.8, 4) is 0 Å². The third-order valence-electron chi connectivity index (χ3n) is 3.13. The standard InChI is InChI=1S/C13H17N3O5/c1-15(11(8-17)6-7-12(14)18)13(19)9-2-4-10(5-3-9)16(20)21/h2-5,11,17H,6-8H2,1H3,(H2,14,18)/t11-/m0/s1. The SMILES string of the molecule is CN(C(=O)c1ccc([N+](=O)[O-])cc1)[C@H](CO)CCC(N)=O. The fourth-order valence-electron chi connectivity index (χ4n) is 1.81. The number of hydrogen-bond donors (Lipinski definition) is 2. The van der Waals surface area contributed by atoms with Gasteiger partial charge in [0, 0.05) is 31.2 Å². The summed E-state index contributed by atoms with van der Waals surface area (Å²) in [4.78, 5) is 34.3. The number of hydrogen-bond acceptors (Lipinski definition) is 5. The third-order valence-corrected chi connectivity index (χ3v) is 3.13. The van der Waals surface area contributed by atoms with Crippen molar-refractivity contribution in [3.63, 3.8) is 0 Å². The lowest BCUT2D eigenvalue weighted by Crippen LogP contribution is -2.40. The van der Waals surface area contributed by atoms with Gasteiger partial charge in [-0.3, -0.25) is 19.7 Å². The average molecular weight is 295 g/mol. The molecule has 2 amide bonds. The Hall–Kier alpha value is -2.48. The van der Waals surface area contributed by atoms with Crippen LogP contribution in [0.5, 0.6) is 0 Å². The predicted octanol–water partition coefficient (Wildman–Crippen LogP) is 0.293. The summed E-state index contributed by atoms with van der Waals surface area (Å²) >= 11 is 0. The summed E-state index contributed by atoms with van der Waals surface area (Å²) in [6.07, 6.45) is 0.310. The number of aliphatic hydroxyl groups excluding tert-OH is 1. The number of carbonyl (C=O) groups is 2. The number of aliphatic hydroxyl groups is 1. The molecule has 3 N–H and O–H groups in total. The Morgan fingerprint density at radius 1 is 1.38 bits per heavy atom. The van der Waals surface area contributed by atoms with Crippen molar-refractivity contribution < 1.29 is 19.6 Å². The molecule has 0 fully saturated rings. The van der Waals surface area contributed by atoms with E-state index in [0.29, 0.717) is 0 Å². The minimum atomic E-state index is -0.554. The largest absolute Gasteiger partial charge is 0.394 e. The van der Waals surface area contributed by atoms with E-state index in [2.05, 4.69) is 0 Å². The molecule has 1 rings (SSSR count). The van der Waals surface area contributed by atoms with Crippen LogP contribution in [-0.2, 0) is 4.79 Å². The van der Waals surface area contributed by atoms with Gasteiger partial charge in [-0.05, 0) is 18.6 Å². The second-order valence-corrected chi connectivity index (χ2v) is 4.56. The molecule has 114 valence electrons. The Balaban J connectivity index is 2.79. The van der Waals surface area contributed by atoms with E-state index < -0.39 is 22.8 Å². The van der Waals surface area contributed by atoms with E-state index in [1.54, 1.807) is 0 Å². The molecule has 8 nitrogen and oxygen atoms in total. The number of primary amides is 1. The quantitative estimate of drug-likeness (QED) is 0.552. The van der Waals surface area contributed by atoms with Crippen molar-refractivity contribution in [2.24, 2.45) is 5.73 Å². The van der Waals surface area contributed by atoms with Crippen LogP contribution >= 0.6 is 0 Å². The first-order chi connectivity index (χ1) is 9.86. The number of non-ortho nitro benzene ring substituents is 1. The van der Waals surface area contributed by atoms with E-state index in [-0.39, 0.29) is 30.7 Å². The minimum Gasteiger partial charge on any atom is -0.394 e. The highest BCUT2D eigenvalue weighted by molar-refractivity contribution is 5.94. The molecule has 0 aliphatic carbocycles. The maximum atomic E-state index is 12.2. The van der Waals surface area contributed by atoms with E-state index in [9.17, 15) is 24.8 Å². The zero-order valence-electron chi connectivity index (χ0n) is 11.6. The molecule has 0 aliphatic heterocycles. The Morgan fingerprint density at radius 2 is 1.95 bits per heavy atom. The molecule has 0 bridgehead atoms. The summed E-state index contributed by atoms with van der Waals surface area (Å²) in [6.45, 7) is -0.303. The van der Waals surface area contributed by atoms with E-state index in [1.807, 2.05) is 0 Å². The molecule has 0 aliphatic rings. The van der Waals surface area contributed by atoms with Crippen LogP contribution in [0.15, 0.2) is 24.3 Å². The van der Waals surface area contributed by atoms with E-state index >= 15 is 0 Å². The van der Waals surface area contributed by atoms with Crippen molar-refractivity contribution in [2.45, 2.75) is 18.9 Å². The lowest BCUT2D eigenvalue weighted by atomic mass is 10.1. The van der Waals surface area contributed by atoms with Gasteiger partial charge in [-0.2, -0.15) is 0 Å². The van der Waals surface area contributed by atoms with Crippen LogP contribution in [0, 0.1) is 10.1 Å². The third kappa shape index (κ3) is 4.53. The monoisotopic (exact) mass is 295 g/mol. The highest BCUT2D eigenvalue weighted by atomic mass is 16.6. The zero-order valence-corrected chi connectivity index (χ0v) is 11.6. The molecule has 0 aromatic heterocycles. The normalized spacial score (nSPS) is 11.7. The van der Waals surface area contributed by atoms with Gasteiger partial charge in [-0.1, -0.05) is 0 Å². The van der Waals surface area contributed by atoms with Gasteiger partial charge in [0.1, 0.15) is 0 Å². The second-order valence-electron chi connectivity index (χ2n) is 4.56. The van der Waals surface area contributed by atoms with Crippen LogP contribution in [0.2, 0.25) is 0 Å². The molecule has 1 atom stereocenters. The number of nitro benzene ring substituents is 1. The fraction of sp³-hybridized carbons (Fsp3) is 0.385. The van der Waals surface area contributed by atoms with Gasteiger partial charge in [0.05, 0.1) is 17.6 Å². The highest BCUT2D eigenvalue weighted by Gasteiger charge is 2.21. The summed E-state index contributed by atoms with van der Waals surface area (Å²) in [5.41, 5.74) is 5.19. The molecule has 0 saturated heterocycles. The number of rotatable bonds is 7. The van der Waals surface area contributed by atoms with Crippen molar-refractivity contribution in [2.75, 3.05) is 13.7 Å².